The third-order valence-corrected chi connectivity index (χ3v) is 3.31. The van der Waals surface area contributed by atoms with E-state index in [0.29, 0.717) is 5.69 Å². The molecule has 2 aromatic carbocycles. The van der Waals surface area contributed by atoms with Crippen molar-refractivity contribution >= 4 is 28.9 Å². The van der Waals surface area contributed by atoms with Crippen LogP contribution in [0.4, 0.5) is 15.8 Å². The number of carbonyl (C=O) groups excluding carboxylic acids is 1. The Morgan fingerprint density at radius 3 is 2.79 bits per heavy atom. The molecule has 0 aliphatic carbocycles. The minimum Gasteiger partial charge on any atom is -0.370 e. The number of amides is 1. The zero-order chi connectivity index (χ0) is 13.4. The van der Waals surface area contributed by atoms with Gasteiger partial charge in [-0.25, -0.2) is 4.39 Å². The van der Waals surface area contributed by atoms with E-state index < -0.39 is 11.9 Å². The lowest BCUT2D eigenvalue weighted by atomic mass is 10.1. The fraction of sp³-hybridized carbons (Fsp3) is 0.0714. The highest BCUT2D eigenvalue weighted by Crippen LogP contribution is 2.33. The van der Waals surface area contributed by atoms with Crippen LogP contribution in [0.5, 0.6) is 0 Å². The molecule has 1 amide bonds. The third kappa shape index (κ3) is 2.15. The van der Waals surface area contributed by atoms with Crippen molar-refractivity contribution in [3.05, 3.63) is 58.9 Å². The Balaban J connectivity index is 1.91. The highest BCUT2D eigenvalue weighted by molar-refractivity contribution is 6.31. The quantitative estimate of drug-likeness (QED) is 0.880. The molecule has 1 aliphatic heterocycles. The molecule has 0 bridgehead atoms. The van der Waals surface area contributed by atoms with E-state index >= 15 is 0 Å². The Labute approximate surface area is 114 Å². The summed E-state index contributed by atoms with van der Waals surface area (Å²) in [6, 6.07) is 11.2. The van der Waals surface area contributed by atoms with Gasteiger partial charge in [-0.05, 0) is 24.3 Å². The fourth-order valence-electron chi connectivity index (χ4n) is 2.10. The maximum absolute atomic E-state index is 13.1. The highest BCUT2D eigenvalue weighted by atomic mass is 35.5. The van der Waals surface area contributed by atoms with Crippen molar-refractivity contribution in [1.82, 2.24) is 0 Å². The van der Waals surface area contributed by atoms with E-state index in [2.05, 4.69) is 10.6 Å². The second-order valence-corrected chi connectivity index (χ2v) is 4.69. The van der Waals surface area contributed by atoms with E-state index in [9.17, 15) is 9.18 Å². The van der Waals surface area contributed by atoms with Gasteiger partial charge >= 0.3 is 0 Å². The van der Waals surface area contributed by atoms with Crippen molar-refractivity contribution < 1.29 is 9.18 Å². The second-order valence-electron chi connectivity index (χ2n) is 4.28. The summed E-state index contributed by atoms with van der Waals surface area (Å²) in [5.74, 6) is -0.620. The molecule has 0 radical (unpaired) electrons. The molecule has 0 fully saturated rings. The van der Waals surface area contributed by atoms with Gasteiger partial charge in [0.25, 0.3) is 5.91 Å². The van der Waals surface area contributed by atoms with E-state index in [1.165, 1.54) is 12.1 Å². The summed E-state index contributed by atoms with van der Waals surface area (Å²) in [5.41, 5.74) is 2.26. The van der Waals surface area contributed by atoms with Crippen LogP contribution in [0.1, 0.15) is 11.6 Å². The Hall–Kier alpha value is -2.07. The molecular formula is C14H10ClFN2O. The smallest absolute Gasteiger partial charge is 0.251 e. The number of benzene rings is 2. The largest absolute Gasteiger partial charge is 0.370 e. The first-order chi connectivity index (χ1) is 9.15. The van der Waals surface area contributed by atoms with Crippen LogP contribution in [0, 0.1) is 5.82 Å². The van der Waals surface area contributed by atoms with Crippen LogP contribution in [0.25, 0.3) is 0 Å². The number of para-hydroxylation sites is 1. The van der Waals surface area contributed by atoms with Gasteiger partial charge in [-0.1, -0.05) is 29.8 Å². The second kappa shape index (κ2) is 4.55. The van der Waals surface area contributed by atoms with E-state index in [-0.39, 0.29) is 10.9 Å². The summed E-state index contributed by atoms with van der Waals surface area (Å²) in [6.45, 7) is 0. The van der Waals surface area contributed by atoms with Crippen LogP contribution in [0.15, 0.2) is 42.5 Å². The normalized spacial score (nSPS) is 16.9. The zero-order valence-corrected chi connectivity index (χ0v) is 10.5. The molecule has 0 aromatic heterocycles. The van der Waals surface area contributed by atoms with Gasteiger partial charge in [0.15, 0.2) is 0 Å². The van der Waals surface area contributed by atoms with Gasteiger partial charge in [0, 0.05) is 16.9 Å². The van der Waals surface area contributed by atoms with E-state index in [4.69, 9.17) is 11.6 Å². The average molecular weight is 277 g/mol. The van der Waals surface area contributed by atoms with Gasteiger partial charge in [-0.3, -0.25) is 4.79 Å². The van der Waals surface area contributed by atoms with Gasteiger partial charge < -0.3 is 10.6 Å². The molecule has 3 rings (SSSR count). The first kappa shape index (κ1) is 12.0. The molecule has 0 saturated carbocycles. The van der Waals surface area contributed by atoms with Gasteiger partial charge in [-0.2, -0.15) is 0 Å². The van der Waals surface area contributed by atoms with Crippen molar-refractivity contribution in [1.29, 1.82) is 0 Å². The van der Waals surface area contributed by atoms with Gasteiger partial charge in [0.05, 0.1) is 5.02 Å². The predicted molar refractivity (Wildman–Crippen MR) is 72.8 cm³/mol. The molecule has 3 nitrogen and oxygen atoms in total. The SMILES string of the molecule is O=C1Nc2ccccc2C1Nc1ccc(F)c(Cl)c1. The summed E-state index contributed by atoms with van der Waals surface area (Å²) in [7, 11) is 0. The monoisotopic (exact) mass is 276 g/mol. The highest BCUT2D eigenvalue weighted by Gasteiger charge is 2.29. The van der Waals surface area contributed by atoms with Crippen molar-refractivity contribution in [3.63, 3.8) is 0 Å². The lowest BCUT2D eigenvalue weighted by Crippen LogP contribution is -2.19. The standard InChI is InChI=1S/C14H10ClFN2O/c15-10-7-8(5-6-11(10)16)17-13-9-3-1-2-4-12(9)18-14(13)19/h1-7,13,17H,(H,18,19). The van der Waals surface area contributed by atoms with Crippen molar-refractivity contribution in [2.75, 3.05) is 10.6 Å². The first-order valence-electron chi connectivity index (χ1n) is 5.76. The lowest BCUT2D eigenvalue weighted by molar-refractivity contribution is -0.116. The topological polar surface area (TPSA) is 41.1 Å². The number of fused-ring (bicyclic) bond motifs is 1. The van der Waals surface area contributed by atoms with Crippen LogP contribution in [0.2, 0.25) is 5.02 Å². The molecule has 0 saturated heterocycles. The van der Waals surface area contributed by atoms with Gasteiger partial charge in [0.2, 0.25) is 0 Å². The number of anilines is 2. The Morgan fingerprint density at radius 2 is 2.00 bits per heavy atom. The maximum Gasteiger partial charge on any atom is 0.251 e. The van der Waals surface area contributed by atoms with Crippen LogP contribution >= 0.6 is 11.6 Å². The molecule has 0 spiro atoms. The molecule has 2 N–H and O–H groups in total. The summed E-state index contributed by atoms with van der Waals surface area (Å²) in [4.78, 5) is 11.9. The molecule has 19 heavy (non-hydrogen) atoms. The molecule has 96 valence electrons. The third-order valence-electron chi connectivity index (χ3n) is 3.02. The number of hydrogen-bond donors (Lipinski definition) is 2. The predicted octanol–water partition coefficient (Wildman–Crippen LogP) is 3.58. The molecular weight excluding hydrogens is 267 g/mol. The summed E-state index contributed by atoms with van der Waals surface area (Å²) in [6.07, 6.45) is 0. The van der Waals surface area contributed by atoms with Crippen LogP contribution in [0.3, 0.4) is 0 Å². The van der Waals surface area contributed by atoms with Crippen LogP contribution in [-0.2, 0) is 4.79 Å². The number of hydrogen-bond acceptors (Lipinski definition) is 2. The summed E-state index contributed by atoms with van der Waals surface area (Å²) in [5, 5.41) is 5.86. The van der Waals surface area contributed by atoms with Gasteiger partial charge in [-0.15, -0.1) is 0 Å². The molecule has 1 unspecified atom stereocenters. The zero-order valence-electron chi connectivity index (χ0n) is 9.78. The Morgan fingerprint density at radius 1 is 1.21 bits per heavy atom. The molecule has 1 atom stereocenters. The van der Waals surface area contributed by atoms with E-state index in [1.54, 1.807) is 6.07 Å². The van der Waals surface area contributed by atoms with Crippen molar-refractivity contribution in [2.24, 2.45) is 0 Å². The van der Waals surface area contributed by atoms with Crippen molar-refractivity contribution in [3.8, 4) is 0 Å². The summed E-state index contributed by atoms with van der Waals surface area (Å²) >= 11 is 5.72. The molecule has 1 heterocycles. The number of rotatable bonds is 2. The molecule has 5 heteroatoms. The first-order valence-corrected chi connectivity index (χ1v) is 6.14. The Kier molecular flexibility index (Phi) is 2.87. The number of halogens is 2. The lowest BCUT2D eigenvalue weighted by Gasteiger charge is -2.13. The maximum atomic E-state index is 13.1. The van der Waals surface area contributed by atoms with Gasteiger partial charge in [0.1, 0.15) is 11.9 Å². The molecule has 1 aliphatic rings. The fourth-order valence-corrected chi connectivity index (χ4v) is 2.29. The summed E-state index contributed by atoms with van der Waals surface area (Å²) < 4.78 is 13.1. The molecule has 2 aromatic rings. The van der Waals surface area contributed by atoms with E-state index in [0.717, 1.165) is 11.3 Å². The van der Waals surface area contributed by atoms with E-state index in [1.807, 2.05) is 24.3 Å². The van der Waals surface area contributed by atoms with Crippen LogP contribution < -0.4 is 10.6 Å². The Bertz CT molecular complexity index is 660. The number of carbonyl (C=O) groups is 1. The average Bonchev–Trinajstić information content (AvgIpc) is 2.71. The van der Waals surface area contributed by atoms with Crippen LogP contribution in [-0.4, -0.2) is 5.91 Å². The minimum atomic E-state index is -0.488. The minimum absolute atomic E-state index is 0.0247. The number of nitrogens with one attached hydrogen (secondary N) is 2. The van der Waals surface area contributed by atoms with Crippen molar-refractivity contribution in [2.45, 2.75) is 6.04 Å².